The normalized spacial score (nSPS) is 11.7. The summed E-state index contributed by atoms with van der Waals surface area (Å²) in [7, 11) is 0. The molecule has 2 aromatic rings. The summed E-state index contributed by atoms with van der Waals surface area (Å²) in [6, 6.07) is 7.88. The average Bonchev–Trinajstić information content (AvgIpc) is 2.88. The summed E-state index contributed by atoms with van der Waals surface area (Å²) in [6.07, 6.45) is -7.94. The minimum absolute atomic E-state index is 0.115. The van der Waals surface area contributed by atoms with Crippen molar-refractivity contribution in [3.05, 3.63) is 42.2 Å². The smallest absolute Gasteiger partial charge is 0.453 e. The van der Waals surface area contributed by atoms with Gasteiger partial charge in [0.05, 0.1) is 0 Å². The zero-order valence-corrected chi connectivity index (χ0v) is 9.86. The fourth-order valence-electron chi connectivity index (χ4n) is 1.46. The summed E-state index contributed by atoms with van der Waals surface area (Å²) in [4.78, 5) is 10.5. The van der Waals surface area contributed by atoms with Gasteiger partial charge in [0.15, 0.2) is 12.0 Å². The number of hydrogen-bond acceptors (Lipinski definition) is 3. The van der Waals surface area contributed by atoms with E-state index in [1.54, 1.807) is 0 Å². The van der Waals surface area contributed by atoms with Crippen molar-refractivity contribution < 1.29 is 31.5 Å². The van der Waals surface area contributed by atoms with Crippen LogP contribution in [-0.2, 0) is 0 Å². The maximum atomic E-state index is 12.7. The van der Waals surface area contributed by atoms with E-state index in [1.165, 1.54) is 24.3 Å². The predicted octanol–water partition coefficient (Wildman–Crippen LogP) is 4.00. The third-order valence-corrected chi connectivity index (χ3v) is 2.39. The lowest BCUT2D eigenvalue weighted by Gasteiger charge is -2.16. The molecule has 0 aliphatic heterocycles. The Balaban J connectivity index is 2.16. The molecule has 0 fully saturated rings. The van der Waals surface area contributed by atoms with Gasteiger partial charge in [-0.05, 0) is 36.4 Å². The van der Waals surface area contributed by atoms with Gasteiger partial charge in [0.2, 0.25) is 0 Å². The molecule has 1 aromatic carbocycles. The molecule has 2 rings (SSSR count). The van der Waals surface area contributed by atoms with Crippen molar-refractivity contribution in [2.75, 3.05) is 0 Å². The minimum Gasteiger partial charge on any atom is -0.453 e. The molecule has 0 aliphatic carbocycles. The van der Waals surface area contributed by atoms with Gasteiger partial charge >= 0.3 is 12.5 Å². The van der Waals surface area contributed by atoms with E-state index in [9.17, 15) is 22.4 Å². The van der Waals surface area contributed by atoms with Crippen LogP contribution < -0.4 is 4.74 Å². The Morgan fingerprint density at radius 2 is 1.75 bits per heavy atom. The van der Waals surface area contributed by atoms with Gasteiger partial charge in [-0.1, -0.05) is 0 Å². The highest BCUT2D eigenvalue weighted by Gasteiger charge is 2.43. The van der Waals surface area contributed by atoms with Crippen molar-refractivity contribution in [1.82, 2.24) is 0 Å². The maximum Gasteiger partial charge on any atom is 0.461 e. The molecular formula is C13H8F4O3. The largest absolute Gasteiger partial charge is 0.461 e. The van der Waals surface area contributed by atoms with Gasteiger partial charge in [0.1, 0.15) is 11.5 Å². The number of alkyl halides is 4. The molecule has 0 saturated carbocycles. The van der Waals surface area contributed by atoms with Gasteiger partial charge < -0.3 is 9.15 Å². The Hall–Kier alpha value is -2.31. The molecule has 106 valence electrons. The van der Waals surface area contributed by atoms with E-state index in [-0.39, 0.29) is 5.76 Å². The lowest BCUT2D eigenvalue weighted by molar-refractivity contribution is -0.253. The number of hydrogen-bond donors (Lipinski definition) is 0. The first-order valence-corrected chi connectivity index (χ1v) is 5.43. The summed E-state index contributed by atoms with van der Waals surface area (Å²) in [5, 5.41) is 0. The summed E-state index contributed by atoms with van der Waals surface area (Å²) in [5.74, 6) is 0.0602. The molecule has 0 radical (unpaired) electrons. The lowest BCUT2D eigenvalue weighted by atomic mass is 10.2. The van der Waals surface area contributed by atoms with E-state index >= 15 is 0 Å². The molecule has 0 saturated heterocycles. The molecule has 0 unspecified atom stereocenters. The molecule has 0 atom stereocenters. The van der Waals surface area contributed by atoms with Crippen LogP contribution in [0.1, 0.15) is 10.6 Å². The molecule has 0 amide bonds. The maximum absolute atomic E-state index is 12.7. The van der Waals surface area contributed by atoms with Crippen LogP contribution in [0.25, 0.3) is 11.3 Å². The monoisotopic (exact) mass is 288 g/mol. The van der Waals surface area contributed by atoms with Crippen LogP contribution in [-0.4, -0.2) is 18.8 Å². The number of halogens is 4. The molecule has 0 aliphatic rings. The van der Waals surface area contributed by atoms with Crippen molar-refractivity contribution in [2.24, 2.45) is 0 Å². The number of benzene rings is 1. The highest BCUT2D eigenvalue weighted by Crippen LogP contribution is 2.29. The van der Waals surface area contributed by atoms with Crippen molar-refractivity contribution in [3.8, 4) is 17.1 Å². The molecule has 20 heavy (non-hydrogen) atoms. The molecule has 3 nitrogen and oxygen atoms in total. The first-order chi connectivity index (χ1) is 9.42. The Labute approximate surface area is 110 Å². The highest BCUT2D eigenvalue weighted by atomic mass is 19.3. The summed E-state index contributed by atoms with van der Waals surface area (Å²) >= 11 is 0. The SMILES string of the molecule is O=Cc1ccc(-c2ccc(OC(F)(F)C(F)F)cc2)o1. The highest BCUT2D eigenvalue weighted by molar-refractivity contribution is 5.72. The topological polar surface area (TPSA) is 39.4 Å². The first kappa shape index (κ1) is 14.1. The third kappa shape index (κ3) is 2.98. The predicted molar refractivity (Wildman–Crippen MR) is 61.1 cm³/mol. The van der Waals surface area contributed by atoms with Gasteiger partial charge in [-0.3, -0.25) is 4.79 Å². The van der Waals surface area contributed by atoms with Crippen LogP contribution in [0.2, 0.25) is 0 Å². The summed E-state index contributed by atoms with van der Waals surface area (Å²) < 4.78 is 58.3. The van der Waals surface area contributed by atoms with Crippen LogP contribution in [0, 0.1) is 0 Å². The first-order valence-electron chi connectivity index (χ1n) is 5.43. The van der Waals surface area contributed by atoms with E-state index < -0.39 is 18.3 Å². The van der Waals surface area contributed by atoms with Crippen molar-refractivity contribution in [3.63, 3.8) is 0 Å². The fourth-order valence-corrected chi connectivity index (χ4v) is 1.46. The van der Waals surface area contributed by atoms with Gasteiger partial charge in [-0.25, -0.2) is 0 Å². The quantitative estimate of drug-likeness (QED) is 0.616. The number of rotatable bonds is 5. The van der Waals surface area contributed by atoms with Crippen LogP contribution in [0.5, 0.6) is 5.75 Å². The number of furan rings is 1. The number of ether oxygens (including phenoxy) is 1. The second kappa shape index (κ2) is 5.36. The number of aldehydes is 1. The van der Waals surface area contributed by atoms with E-state index in [0.29, 0.717) is 17.6 Å². The van der Waals surface area contributed by atoms with Gasteiger partial charge in [0.25, 0.3) is 0 Å². The molecule has 7 heteroatoms. The van der Waals surface area contributed by atoms with Gasteiger partial charge in [0, 0.05) is 5.56 Å². The Kier molecular flexibility index (Phi) is 3.78. The van der Waals surface area contributed by atoms with Crippen molar-refractivity contribution in [2.45, 2.75) is 12.5 Å². The van der Waals surface area contributed by atoms with Crippen LogP contribution in [0.15, 0.2) is 40.8 Å². The molecule has 0 N–H and O–H groups in total. The molecule has 1 aromatic heterocycles. The average molecular weight is 288 g/mol. The Morgan fingerprint density at radius 3 is 2.25 bits per heavy atom. The fraction of sp³-hybridized carbons (Fsp3) is 0.154. The molecule has 0 bridgehead atoms. The Morgan fingerprint density at radius 1 is 1.10 bits per heavy atom. The molecular weight excluding hydrogens is 280 g/mol. The van der Waals surface area contributed by atoms with Crippen LogP contribution >= 0.6 is 0 Å². The van der Waals surface area contributed by atoms with E-state index in [4.69, 9.17) is 4.42 Å². The standard InChI is InChI=1S/C13H8F4O3/c14-12(15)13(16,17)20-9-3-1-8(2-4-9)11-6-5-10(7-18)19-11/h1-7,12H. The third-order valence-electron chi connectivity index (χ3n) is 2.39. The summed E-state index contributed by atoms with van der Waals surface area (Å²) in [5.41, 5.74) is 0.491. The summed E-state index contributed by atoms with van der Waals surface area (Å²) in [6.45, 7) is 0. The second-order valence-corrected chi connectivity index (χ2v) is 3.81. The lowest BCUT2D eigenvalue weighted by Crippen LogP contribution is -2.33. The van der Waals surface area contributed by atoms with Gasteiger partial charge in [-0.2, -0.15) is 17.6 Å². The van der Waals surface area contributed by atoms with E-state index in [0.717, 1.165) is 12.1 Å². The molecule has 1 heterocycles. The number of carbonyl (C=O) groups is 1. The number of carbonyl (C=O) groups excluding carboxylic acids is 1. The van der Waals surface area contributed by atoms with Crippen LogP contribution in [0.3, 0.4) is 0 Å². The van der Waals surface area contributed by atoms with E-state index in [2.05, 4.69) is 4.74 Å². The minimum atomic E-state index is -4.54. The van der Waals surface area contributed by atoms with E-state index in [1.807, 2.05) is 0 Å². The zero-order chi connectivity index (χ0) is 14.8. The van der Waals surface area contributed by atoms with Gasteiger partial charge in [-0.15, -0.1) is 0 Å². The van der Waals surface area contributed by atoms with Crippen molar-refractivity contribution >= 4 is 6.29 Å². The van der Waals surface area contributed by atoms with Crippen molar-refractivity contribution in [1.29, 1.82) is 0 Å². The zero-order valence-electron chi connectivity index (χ0n) is 9.86. The van der Waals surface area contributed by atoms with Crippen LogP contribution in [0.4, 0.5) is 17.6 Å². The molecule has 0 spiro atoms. The second-order valence-electron chi connectivity index (χ2n) is 3.81. The Bertz CT molecular complexity index is 590.